The van der Waals surface area contributed by atoms with Crippen LogP contribution >= 0.6 is 0 Å². The Balaban J connectivity index is 2.54. The van der Waals surface area contributed by atoms with Crippen LogP contribution in [0.15, 0.2) is 21.6 Å². The van der Waals surface area contributed by atoms with Gasteiger partial charge < -0.3 is 9.15 Å². The van der Waals surface area contributed by atoms with Crippen LogP contribution in [0.4, 0.5) is 5.82 Å². The van der Waals surface area contributed by atoms with Crippen molar-refractivity contribution in [3.05, 3.63) is 29.3 Å². The summed E-state index contributed by atoms with van der Waals surface area (Å²) in [5.74, 6) is -0.308. The predicted molar refractivity (Wildman–Crippen MR) is 68.9 cm³/mol. The maximum atomic E-state index is 12.3. The van der Waals surface area contributed by atoms with E-state index in [4.69, 9.17) is 4.42 Å². The molecule has 0 bridgehead atoms. The van der Waals surface area contributed by atoms with Gasteiger partial charge >= 0.3 is 5.97 Å². The molecule has 0 saturated carbocycles. The molecule has 0 aliphatic carbocycles. The van der Waals surface area contributed by atoms with E-state index >= 15 is 0 Å². The van der Waals surface area contributed by atoms with Gasteiger partial charge in [0, 0.05) is 6.07 Å². The van der Waals surface area contributed by atoms with Crippen LogP contribution in [0.1, 0.15) is 21.9 Å². The zero-order chi connectivity index (χ0) is 14.9. The third kappa shape index (κ3) is 2.39. The molecule has 108 valence electrons. The van der Waals surface area contributed by atoms with E-state index in [9.17, 15) is 13.2 Å². The molecule has 8 nitrogen and oxygen atoms in total. The average Bonchev–Trinajstić information content (AvgIpc) is 2.95. The van der Waals surface area contributed by atoms with Crippen molar-refractivity contribution >= 4 is 21.8 Å². The van der Waals surface area contributed by atoms with Crippen LogP contribution in [0.2, 0.25) is 0 Å². The fraction of sp³-hybridized carbons (Fsp3) is 0.273. The monoisotopic (exact) mass is 299 g/mol. The van der Waals surface area contributed by atoms with E-state index in [2.05, 4.69) is 19.7 Å². The molecule has 0 atom stereocenters. The molecule has 2 aromatic rings. The van der Waals surface area contributed by atoms with Crippen molar-refractivity contribution in [2.45, 2.75) is 18.7 Å². The fourth-order valence-electron chi connectivity index (χ4n) is 1.83. The van der Waals surface area contributed by atoms with Gasteiger partial charge in [0.05, 0.1) is 13.3 Å². The summed E-state index contributed by atoms with van der Waals surface area (Å²) in [7, 11) is -2.83. The van der Waals surface area contributed by atoms with E-state index in [1.807, 2.05) is 0 Å². The number of aromatic nitrogens is 2. The summed E-state index contributed by atoms with van der Waals surface area (Å²) in [5.41, 5.74) is -0.114. The number of sulfonamides is 1. The highest BCUT2D eigenvalue weighted by atomic mass is 32.2. The molecule has 0 unspecified atom stereocenters. The van der Waals surface area contributed by atoms with Gasteiger partial charge in [0.15, 0.2) is 0 Å². The fourth-order valence-corrected chi connectivity index (χ4v) is 3.25. The van der Waals surface area contributed by atoms with E-state index in [0.29, 0.717) is 0 Å². The van der Waals surface area contributed by atoms with E-state index < -0.39 is 16.0 Å². The van der Waals surface area contributed by atoms with Crippen molar-refractivity contribution in [3.8, 4) is 0 Å². The number of methoxy groups -OCH3 is 1. The van der Waals surface area contributed by atoms with Gasteiger partial charge in [0.2, 0.25) is 0 Å². The van der Waals surface area contributed by atoms with Gasteiger partial charge in [0.1, 0.15) is 27.8 Å². The number of H-pyrrole nitrogens is 1. The first-order valence-electron chi connectivity index (χ1n) is 5.57. The first-order chi connectivity index (χ1) is 9.36. The molecule has 0 aliphatic rings. The van der Waals surface area contributed by atoms with Crippen LogP contribution in [0, 0.1) is 13.8 Å². The Morgan fingerprint density at radius 1 is 1.40 bits per heavy atom. The molecular weight excluding hydrogens is 286 g/mol. The zero-order valence-electron chi connectivity index (χ0n) is 11.1. The highest BCUT2D eigenvalue weighted by Gasteiger charge is 2.31. The van der Waals surface area contributed by atoms with Crippen molar-refractivity contribution in [1.29, 1.82) is 0 Å². The first kappa shape index (κ1) is 14.1. The number of ether oxygens (including phenoxy) is 1. The lowest BCUT2D eigenvalue weighted by Gasteiger charge is -2.06. The number of carbonyl (C=O) groups is 1. The number of nitrogens with zero attached hydrogens (tertiary/aromatic N) is 1. The summed E-state index contributed by atoms with van der Waals surface area (Å²) in [6.45, 7) is 2.95. The van der Waals surface area contributed by atoms with E-state index in [0.717, 1.165) is 0 Å². The lowest BCUT2D eigenvalue weighted by Crippen LogP contribution is -2.17. The number of carbonyl (C=O) groups excluding carboxylic acids is 1. The molecule has 2 N–H and O–H groups in total. The highest BCUT2D eigenvalue weighted by Crippen LogP contribution is 2.28. The molecule has 0 spiro atoms. The molecule has 9 heteroatoms. The average molecular weight is 299 g/mol. The molecule has 2 rings (SSSR count). The molecule has 0 amide bonds. The topological polar surface area (TPSA) is 114 Å². The lowest BCUT2D eigenvalue weighted by molar-refractivity contribution is 0.0595. The van der Waals surface area contributed by atoms with Gasteiger partial charge in [-0.3, -0.25) is 9.82 Å². The van der Waals surface area contributed by atoms with Crippen LogP contribution in [0.25, 0.3) is 0 Å². The number of anilines is 1. The third-order valence-corrected chi connectivity index (χ3v) is 4.13. The van der Waals surface area contributed by atoms with Gasteiger partial charge in [-0.05, 0) is 13.8 Å². The summed E-state index contributed by atoms with van der Waals surface area (Å²) in [5, 5.41) is 6.10. The van der Waals surface area contributed by atoms with Crippen LogP contribution in [0.5, 0.6) is 0 Å². The van der Waals surface area contributed by atoms with Crippen LogP contribution in [-0.4, -0.2) is 31.7 Å². The van der Waals surface area contributed by atoms with E-state index in [1.54, 1.807) is 0 Å². The number of hydrogen-bond acceptors (Lipinski definition) is 6. The van der Waals surface area contributed by atoms with Crippen LogP contribution in [-0.2, 0) is 14.8 Å². The first-order valence-corrected chi connectivity index (χ1v) is 7.05. The molecule has 2 heterocycles. The molecule has 0 aromatic carbocycles. The Labute approximate surface area is 115 Å². The Morgan fingerprint density at radius 2 is 2.10 bits per heavy atom. The standard InChI is InChI=1S/C11H13N3O5S/c1-6-9(11(15)18-3)10(7(2)19-6)20(16,17)14-8-4-5-12-13-8/h4-5H,1-3H3,(H2,12,13,14). The molecular formula is C11H13N3O5S. The van der Waals surface area contributed by atoms with E-state index in [1.165, 1.54) is 33.2 Å². The Hall–Kier alpha value is -2.29. The minimum absolute atomic E-state index is 0.106. The number of aromatic amines is 1. The van der Waals surface area contributed by atoms with Crippen LogP contribution in [0.3, 0.4) is 0 Å². The Bertz CT molecular complexity index is 730. The number of furan rings is 1. The predicted octanol–water partition coefficient (Wildman–Crippen LogP) is 1.21. The van der Waals surface area contributed by atoms with Gasteiger partial charge in [-0.2, -0.15) is 5.10 Å². The third-order valence-electron chi connectivity index (χ3n) is 2.61. The van der Waals surface area contributed by atoms with Crippen molar-refractivity contribution in [2.75, 3.05) is 11.8 Å². The summed E-state index contributed by atoms with van der Waals surface area (Å²) >= 11 is 0. The van der Waals surface area contributed by atoms with Gasteiger partial charge in [-0.1, -0.05) is 0 Å². The van der Waals surface area contributed by atoms with Gasteiger partial charge in [0.25, 0.3) is 10.0 Å². The SMILES string of the molecule is COC(=O)c1c(C)oc(C)c1S(=O)(=O)Nc1ccn[nH]1. The number of aryl methyl sites for hydroxylation is 2. The van der Waals surface area contributed by atoms with E-state index in [-0.39, 0.29) is 27.8 Å². The highest BCUT2D eigenvalue weighted by molar-refractivity contribution is 7.92. The number of hydrogen-bond donors (Lipinski definition) is 2. The minimum Gasteiger partial charge on any atom is -0.465 e. The smallest absolute Gasteiger partial charge is 0.342 e. The Kier molecular flexibility index (Phi) is 3.53. The largest absolute Gasteiger partial charge is 0.465 e. The van der Waals surface area contributed by atoms with Crippen molar-refractivity contribution in [3.63, 3.8) is 0 Å². The maximum Gasteiger partial charge on any atom is 0.342 e. The second-order valence-electron chi connectivity index (χ2n) is 3.99. The molecule has 2 aromatic heterocycles. The summed E-state index contributed by atoms with van der Waals surface area (Å²) < 4.78 is 36.8. The summed E-state index contributed by atoms with van der Waals surface area (Å²) in [6, 6.07) is 1.44. The Morgan fingerprint density at radius 3 is 2.65 bits per heavy atom. The quantitative estimate of drug-likeness (QED) is 0.820. The lowest BCUT2D eigenvalue weighted by atomic mass is 10.2. The number of esters is 1. The molecule has 0 aliphatic heterocycles. The minimum atomic E-state index is -3.99. The number of rotatable bonds is 4. The number of nitrogens with one attached hydrogen (secondary N) is 2. The maximum absolute atomic E-state index is 12.3. The summed E-state index contributed by atoms with van der Waals surface area (Å²) in [6.07, 6.45) is 1.40. The molecule has 0 saturated heterocycles. The van der Waals surface area contributed by atoms with Crippen molar-refractivity contribution in [2.24, 2.45) is 0 Å². The van der Waals surface area contributed by atoms with Crippen molar-refractivity contribution in [1.82, 2.24) is 10.2 Å². The molecule has 0 radical (unpaired) electrons. The molecule has 0 fully saturated rings. The second kappa shape index (κ2) is 5.00. The molecule has 20 heavy (non-hydrogen) atoms. The van der Waals surface area contributed by atoms with Crippen molar-refractivity contribution < 1.29 is 22.4 Å². The summed E-state index contributed by atoms with van der Waals surface area (Å²) in [4.78, 5) is 11.5. The van der Waals surface area contributed by atoms with Gasteiger partial charge in [-0.25, -0.2) is 13.2 Å². The van der Waals surface area contributed by atoms with Gasteiger partial charge in [-0.15, -0.1) is 0 Å². The normalized spacial score (nSPS) is 11.3. The zero-order valence-corrected chi connectivity index (χ0v) is 11.9. The second-order valence-corrected chi connectivity index (χ2v) is 5.61. The van der Waals surface area contributed by atoms with Crippen LogP contribution < -0.4 is 4.72 Å².